The highest BCUT2D eigenvalue weighted by Gasteiger charge is 2.21. The number of benzene rings is 1. The Labute approximate surface area is 113 Å². The number of aliphatic imine (C=N–C) groups is 1. The van der Waals surface area contributed by atoms with Crippen LogP contribution in [0.4, 0.5) is 4.39 Å². The van der Waals surface area contributed by atoms with Crippen molar-refractivity contribution in [2.75, 3.05) is 18.9 Å². The number of hydrogen-bond acceptors (Lipinski definition) is 3. The lowest BCUT2D eigenvalue weighted by molar-refractivity contribution is 0.509. The van der Waals surface area contributed by atoms with Crippen LogP contribution in [0.1, 0.15) is 5.56 Å². The zero-order valence-corrected chi connectivity index (χ0v) is 12.0. The maximum Gasteiger partial charge on any atom is 0.159 e. The molecule has 2 rings (SSSR count). The van der Waals surface area contributed by atoms with Gasteiger partial charge in [-0.1, -0.05) is 39.8 Å². The van der Waals surface area contributed by atoms with Crippen molar-refractivity contribution in [1.82, 2.24) is 4.90 Å². The molecule has 0 spiro atoms. The standard InChI is InChI=1S/C12H14BrFN2S/c1-16(12-15-7-11(6-13)17-12)8-9-2-4-10(14)5-3-9/h2-5,11H,6-8H2,1H3. The molecule has 1 aliphatic heterocycles. The van der Waals surface area contributed by atoms with Crippen molar-refractivity contribution < 1.29 is 4.39 Å². The zero-order valence-electron chi connectivity index (χ0n) is 9.57. The smallest absolute Gasteiger partial charge is 0.159 e. The lowest BCUT2D eigenvalue weighted by Gasteiger charge is -2.18. The first-order valence-corrected chi connectivity index (χ1v) is 7.42. The van der Waals surface area contributed by atoms with Crippen molar-refractivity contribution in [3.63, 3.8) is 0 Å². The summed E-state index contributed by atoms with van der Waals surface area (Å²) in [6, 6.07) is 6.62. The van der Waals surface area contributed by atoms with E-state index in [1.807, 2.05) is 19.2 Å². The van der Waals surface area contributed by atoms with Gasteiger partial charge in [0.1, 0.15) is 5.82 Å². The molecule has 0 amide bonds. The second-order valence-electron chi connectivity index (χ2n) is 4.00. The lowest BCUT2D eigenvalue weighted by atomic mass is 10.2. The number of halogens is 2. The summed E-state index contributed by atoms with van der Waals surface area (Å²) in [6.07, 6.45) is 0. The third-order valence-corrected chi connectivity index (χ3v) is 5.04. The van der Waals surface area contributed by atoms with Crippen LogP contribution < -0.4 is 0 Å². The molecule has 0 radical (unpaired) electrons. The number of alkyl halides is 1. The monoisotopic (exact) mass is 316 g/mol. The first-order valence-electron chi connectivity index (χ1n) is 5.41. The molecule has 1 aromatic rings. The van der Waals surface area contributed by atoms with Crippen molar-refractivity contribution in [2.45, 2.75) is 11.8 Å². The van der Waals surface area contributed by atoms with E-state index in [2.05, 4.69) is 25.8 Å². The zero-order chi connectivity index (χ0) is 12.3. The van der Waals surface area contributed by atoms with E-state index in [0.717, 1.165) is 29.2 Å². The summed E-state index contributed by atoms with van der Waals surface area (Å²) in [5, 5.41) is 2.58. The number of amidine groups is 1. The topological polar surface area (TPSA) is 15.6 Å². The summed E-state index contributed by atoms with van der Waals surface area (Å²) in [6.45, 7) is 1.64. The summed E-state index contributed by atoms with van der Waals surface area (Å²) in [5.41, 5.74) is 1.10. The second kappa shape index (κ2) is 5.87. The van der Waals surface area contributed by atoms with E-state index in [0.29, 0.717) is 5.25 Å². The minimum absolute atomic E-state index is 0.191. The van der Waals surface area contributed by atoms with Gasteiger partial charge in [0, 0.05) is 24.2 Å². The Morgan fingerprint density at radius 2 is 2.18 bits per heavy atom. The third-order valence-electron chi connectivity index (χ3n) is 2.53. The van der Waals surface area contributed by atoms with Gasteiger partial charge >= 0.3 is 0 Å². The largest absolute Gasteiger partial charge is 0.350 e. The number of rotatable bonds is 3. The molecule has 1 heterocycles. The predicted octanol–water partition coefficient (Wildman–Crippen LogP) is 3.12. The highest BCUT2D eigenvalue weighted by Crippen LogP contribution is 2.24. The quantitative estimate of drug-likeness (QED) is 0.796. The van der Waals surface area contributed by atoms with Gasteiger partial charge in [-0.2, -0.15) is 0 Å². The maximum absolute atomic E-state index is 12.8. The number of thioether (sulfide) groups is 1. The van der Waals surface area contributed by atoms with Crippen molar-refractivity contribution in [3.05, 3.63) is 35.6 Å². The highest BCUT2D eigenvalue weighted by atomic mass is 79.9. The van der Waals surface area contributed by atoms with E-state index in [1.54, 1.807) is 11.8 Å². The third kappa shape index (κ3) is 3.45. The van der Waals surface area contributed by atoms with Crippen molar-refractivity contribution in [2.24, 2.45) is 4.99 Å². The van der Waals surface area contributed by atoms with Gasteiger partial charge in [-0.05, 0) is 17.7 Å². The highest BCUT2D eigenvalue weighted by molar-refractivity contribution is 9.09. The normalized spacial score (nSPS) is 19.2. The van der Waals surface area contributed by atoms with Crippen LogP contribution in [0.3, 0.4) is 0 Å². The van der Waals surface area contributed by atoms with E-state index in [1.165, 1.54) is 12.1 Å². The Kier molecular flexibility index (Phi) is 4.45. The molecule has 92 valence electrons. The van der Waals surface area contributed by atoms with E-state index >= 15 is 0 Å². The van der Waals surface area contributed by atoms with E-state index in [-0.39, 0.29) is 5.82 Å². The fourth-order valence-corrected chi connectivity index (χ4v) is 3.13. The SMILES string of the molecule is CN(Cc1ccc(F)cc1)C1=NCC(CBr)S1. The van der Waals surface area contributed by atoms with Crippen molar-refractivity contribution in [1.29, 1.82) is 0 Å². The van der Waals surface area contributed by atoms with Gasteiger partial charge in [0.2, 0.25) is 0 Å². The van der Waals surface area contributed by atoms with Crippen LogP contribution in [-0.2, 0) is 6.54 Å². The Hall–Kier alpha value is -0.550. The van der Waals surface area contributed by atoms with E-state index < -0.39 is 0 Å². The molecule has 0 aromatic heterocycles. The van der Waals surface area contributed by atoms with Gasteiger partial charge in [-0.15, -0.1) is 0 Å². The van der Waals surface area contributed by atoms with Crippen LogP contribution in [0.2, 0.25) is 0 Å². The number of hydrogen-bond donors (Lipinski definition) is 0. The van der Waals surface area contributed by atoms with Crippen LogP contribution >= 0.6 is 27.7 Å². The summed E-state index contributed by atoms with van der Waals surface area (Å²) >= 11 is 5.27. The van der Waals surface area contributed by atoms with Gasteiger partial charge in [0.25, 0.3) is 0 Å². The summed E-state index contributed by atoms with van der Waals surface area (Å²) < 4.78 is 12.8. The molecule has 1 atom stereocenters. The van der Waals surface area contributed by atoms with E-state index in [4.69, 9.17) is 0 Å². The average Bonchev–Trinajstić information content (AvgIpc) is 2.81. The van der Waals surface area contributed by atoms with Gasteiger partial charge in [0.05, 0.1) is 6.54 Å². The molecule has 0 saturated carbocycles. The fraction of sp³-hybridized carbons (Fsp3) is 0.417. The van der Waals surface area contributed by atoms with Crippen LogP contribution in [0.15, 0.2) is 29.3 Å². The minimum Gasteiger partial charge on any atom is -0.350 e. The molecule has 2 nitrogen and oxygen atoms in total. The predicted molar refractivity (Wildman–Crippen MR) is 75.3 cm³/mol. The Morgan fingerprint density at radius 1 is 1.47 bits per heavy atom. The molecule has 1 aliphatic rings. The van der Waals surface area contributed by atoms with Crippen LogP contribution in [-0.4, -0.2) is 34.2 Å². The Bertz CT molecular complexity index is 407. The molecule has 0 bridgehead atoms. The molecule has 1 aromatic carbocycles. The maximum atomic E-state index is 12.8. The second-order valence-corrected chi connectivity index (χ2v) is 5.91. The molecule has 0 fully saturated rings. The molecular weight excluding hydrogens is 303 g/mol. The minimum atomic E-state index is -0.191. The molecular formula is C12H14BrFN2S. The summed E-state index contributed by atoms with van der Waals surface area (Å²) in [5.74, 6) is -0.191. The van der Waals surface area contributed by atoms with Gasteiger partial charge in [-0.25, -0.2) is 4.39 Å². The number of nitrogens with zero attached hydrogens (tertiary/aromatic N) is 2. The van der Waals surface area contributed by atoms with Gasteiger partial charge < -0.3 is 4.90 Å². The van der Waals surface area contributed by atoms with Crippen LogP contribution in [0.25, 0.3) is 0 Å². The summed E-state index contributed by atoms with van der Waals surface area (Å²) in [4.78, 5) is 6.61. The molecule has 5 heteroatoms. The lowest BCUT2D eigenvalue weighted by Crippen LogP contribution is -2.23. The van der Waals surface area contributed by atoms with E-state index in [9.17, 15) is 4.39 Å². The first kappa shape index (κ1) is 12.9. The molecule has 0 saturated heterocycles. The van der Waals surface area contributed by atoms with Crippen molar-refractivity contribution >= 4 is 32.9 Å². The Morgan fingerprint density at radius 3 is 2.76 bits per heavy atom. The first-order chi connectivity index (χ1) is 8.19. The molecule has 0 N–H and O–H groups in total. The Balaban J connectivity index is 1.93. The average molecular weight is 317 g/mol. The van der Waals surface area contributed by atoms with Gasteiger partial charge in [0.15, 0.2) is 5.17 Å². The molecule has 0 aliphatic carbocycles. The molecule has 17 heavy (non-hydrogen) atoms. The molecule has 1 unspecified atom stereocenters. The summed E-state index contributed by atoms with van der Waals surface area (Å²) in [7, 11) is 2.02. The van der Waals surface area contributed by atoms with Crippen LogP contribution in [0, 0.1) is 5.82 Å². The van der Waals surface area contributed by atoms with Gasteiger partial charge in [-0.3, -0.25) is 4.99 Å². The van der Waals surface area contributed by atoms with Crippen LogP contribution in [0.5, 0.6) is 0 Å². The fourth-order valence-electron chi connectivity index (χ4n) is 1.63. The van der Waals surface area contributed by atoms with Crippen molar-refractivity contribution in [3.8, 4) is 0 Å².